The number of carbonyl (C=O) groups excluding carboxylic acids is 1. The summed E-state index contributed by atoms with van der Waals surface area (Å²) in [6.45, 7) is 0. The van der Waals surface area contributed by atoms with Crippen molar-refractivity contribution in [3.05, 3.63) is 53.5 Å². The Kier molecular flexibility index (Phi) is 5.01. The summed E-state index contributed by atoms with van der Waals surface area (Å²) in [5.74, 6) is -2.66. The Morgan fingerprint density at radius 2 is 1.74 bits per heavy atom. The van der Waals surface area contributed by atoms with Crippen LogP contribution in [0.15, 0.2) is 47.9 Å². The van der Waals surface area contributed by atoms with Crippen LogP contribution in [-0.4, -0.2) is 25.5 Å². The van der Waals surface area contributed by atoms with Gasteiger partial charge in [-0.25, -0.2) is 9.59 Å². The van der Waals surface area contributed by atoms with Gasteiger partial charge in [0.05, 0.1) is 5.41 Å². The molecule has 0 unspecified atom stereocenters. The number of benzene rings is 1. The van der Waals surface area contributed by atoms with Crippen LogP contribution in [0.3, 0.4) is 0 Å². The molecular formula is C12H10O6S. The number of aliphatic carboxylic acids is 1. The summed E-state index contributed by atoms with van der Waals surface area (Å²) in [6.07, 6.45) is 2.25. The molecule has 0 amide bonds. The number of carbonyl (C=O) groups is 2. The smallest absolute Gasteiger partial charge is 0.347 e. The lowest BCUT2D eigenvalue weighted by molar-refractivity contribution is -0.133. The zero-order valence-corrected chi connectivity index (χ0v) is 10.4. The van der Waals surface area contributed by atoms with Crippen LogP contribution < -0.4 is 0 Å². The first-order chi connectivity index (χ1) is 8.89. The Morgan fingerprint density at radius 1 is 1.11 bits per heavy atom. The highest BCUT2D eigenvalue weighted by atomic mass is 32.2. The average molecular weight is 282 g/mol. The quantitative estimate of drug-likeness (QED) is 0.643. The van der Waals surface area contributed by atoms with Crippen molar-refractivity contribution in [3.63, 3.8) is 0 Å². The molecule has 0 aliphatic heterocycles. The Balaban J connectivity index is 2.70. The highest BCUT2D eigenvalue weighted by Crippen LogP contribution is 2.05. The molecule has 0 radical (unpaired) electrons. The predicted molar refractivity (Wildman–Crippen MR) is 67.3 cm³/mol. The van der Waals surface area contributed by atoms with Crippen molar-refractivity contribution < 1.29 is 27.3 Å². The Morgan fingerprint density at radius 3 is 2.32 bits per heavy atom. The van der Waals surface area contributed by atoms with Crippen LogP contribution in [0.1, 0.15) is 5.56 Å². The van der Waals surface area contributed by atoms with E-state index < -0.39 is 22.1 Å². The molecule has 0 saturated carbocycles. The average Bonchev–Trinajstić information content (AvgIpc) is 2.35. The summed E-state index contributed by atoms with van der Waals surface area (Å²) in [4.78, 5) is 21.1. The van der Waals surface area contributed by atoms with Crippen molar-refractivity contribution in [2.75, 3.05) is 0 Å². The van der Waals surface area contributed by atoms with Gasteiger partial charge in [-0.05, 0) is 11.6 Å². The summed E-state index contributed by atoms with van der Waals surface area (Å²) in [7, 11) is -4.20. The van der Waals surface area contributed by atoms with Gasteiger partial charge < -0.3 is 9.29 Å². The van der Waals surface area contributed by atoms with Crippen LogP contribution in [0, 0.1) is 0 Å². The molecule has 0 aliphatic carbocycles. The first-order valence-electron chi connectivity index (χ1n) is 5.02. The van der Waals surface area contributed by atoms with Crippen LogP contribution in [0.5, 0.6) is 0 Å². The van der Waals surface area contributed by atoms with E-state index in [0.717, 1.165) is 5.41 Å². The Bertz CT molecular complexity index is 613. The molecule has 0 aliphatic rings. The van der Waals surface area contributed by atoms with E-state index in [1.54, 1.807) is 30.3 Å². The molecule has 1 aromatic carbocycles. The predicted octanol–water partition coefficient (Wildman–Crippen LogP) is 1.17. The molecular weight excluding hydrogens is 272 g/mol. The van der Waals surface area contributed by atoms with E-state index in [9.17, 15) is 18.0 Å². The topological polar surface area (TPSA) is 97.7 Å². The lowest BCUT2D eigenvalue weighted by Crippen LogP contribution is -2.08. The molecule has 1 rings (SSSR count). The fourth-order valence-electron chi connectivity index (χ4n) is 1.04. The molecule has 0 fully saturated rings. The van der Waals surface area contributed by atoms with Gasteiger partial charge in [-0.15, -0.1) is 0 Å². The molecule has 1 aromatic rings. The summed E-state index contributed by atoms with van der Waals surface area (Å²) in [5, 5.41) is 8.97. The van der Waals surface area contributed by atoms with E-state index in [2.05, 4.69) is 4.18 Å². The highest BCUT2D eigenvalue weighted by molar-refractivity contribution is 7.90. The van der Waals surface area contributed by atoms with Crippen molar-refractivity contribution in [3.8, 4) is 0 Å². The van der Waals surface area contributed by atoms with Crippen molar-refractivity contribution >= 4 is 28.1 Å². The monoisotopic (exact) mass is 282 g/mol. The minimum atomic E-state index is -4.20. The molecule has 0 atom stereocenters. The number of carboxylic acid groups (broad SMARTS) is 1. The second-order valence-electron chi connectivity index (χ2n) is 3.28. The van der Waals surface area contributed by atoms with Gasteiger partial charge in [0, 0.05) is 12.2 Å². The summed E-state index contributed by atoms with van der Waals surface area (Å²) in [6, 6.07) is 8.53. The Hall–Kier alpha value is -2.41. The molecule has 0 heterocycles. The van der Waals surface area contributed by atoms with Gasteiger partial charge in [0.1, 0.15) is 0 Å². The summed E-state index contributed by atoms with van der Waals surface area (Å²) >= 11 is 0. The fraction of sp³-hybridized carbons (Fsp3) is 0. The summed E-state index contributed by atoms with van der Waals surface area (Å²) in [5.41, 5.74) is 0.614. The zero-order chi connectivity index (χ0) is 14.3. The largest absolute Gasteiger partial charge is 0.478 e. The number of carboxylic acids is 1. The van der Waals surface area contributed by atoms with Crippen molar-refractivity contribution in [2.45, 2.75) is 0 Å². The zero-order valence-electron chi connectivity index (χ0n) is 9.59. The molecule has 100 valence electrons. The van der Waals surface area contributed by atoms with Crippen molar-refractivity contribution in [1.82, 2.24) is 0 Å². The van der Waals surface area contributed by atoms with E-state index in [1.807, 2.05) is 0 Å². The maximum atomic E-state index is 11.3. The molecule has 0 spiro atoms. The highest BCUT2D eigenvalue weighted by Gasteiger charge is 2.11. The second kappa shape index (κ2) is 6.50. The molecule has 1 N–H and O–H groups in total. The third kappa shape index (κ3) is 6.18. The number of hydrogen-bond acceptors (Lipinski definition) is 5. The van der Waals surface area contributed by atoms with E-state index in [4.69, 9.17) is 5.11 Å². The van der Waals surface area contributed by atoms with Gasteiger partial charge in [0.25, 0.3) is 0 Å². The van der Waals surface area contributed by atoms with E-state index in [1.165, 1.54) is 6.08 Å². The minimum Gasteiger partial charge on any atom is -0.478 e. The lowest BCUT2D eigenvalue weighted by Gasteiger charge is -1.97. The van der Waals surface area contributed by atoms with Crippen LogP contribution in [0.2, 0.25) is 0 Å². The summed E-state index contributed by atoms with van der Waals surface area (Å²) < 4.78 is 26.8. The van der Waals surface area contributed by atoms with Gasteiger partial charge in [-0.2, -0.15) is 8.42 Å². The normalized spacial score (nSPS) is 11.8. The lowest BCUT2D eigenvalue weighted by atomic mass is 10.2. The van der Waals surface area contributed by atoms with Crippen LogP contribution in [-0.2, 0) is 23.9 Å². The molecule has 0 bridgehead atoms. The molecule has 6 nitrogen and oxygen atoms in total. The van der Waals surface area contributed by atoms with Gasteiger partial charge >= 0.3 is 22.1 Å². The van der Waals surface area contributed by atoms with Crippen LogP contribution in [0.4, 0.5) is 0 Å². The third-order valence-electron chi connectivity index (χ3n) is 1.79. The van der Waals surface area contributed by atoms with E-state index in [-0.39, 0.29) is 0 Å². The van der Waals surface area contributed by atoms with Gasteiger partial charge in [0.15, 0.2) is 0 Å². The van der Waals surface area contributed by atoms with Gasteiger partial charge in [-0.1, -0.05) is 30.3 Å². The maximum absolute atomic E-state index is 11.3. The molecule has 0 aromatic heterocycles. The van der Waals surface area contributed by atoms with Gasteiger partial charge in [0.2, 0.25) is 0 Å². The SMILES string of the molecule is O=C(O)C=CC(=O)OS(=O)(=O)C=Cc1ccccc1. The maximum Gasteiger partial charge on any atom is 0.347 e. The molecule has 0 saturated heterocycles. The van der Waals surface area contributed by atoms with E-state index in [0.29, 0.717) is 17.7 Å². The Labute approximate surface area is 109 Å². The van der Waals surface area contributed by atoms with Crippen LogP contribution >= 0.6 is 0 Å². The van der Waals surface area contributed by atoms with Crippen molar-refractivity contribution in [2.24, 2.45) is 0 Å². The van der Waals surface area contributed by atoms with Gasteiger partial charge in [-0.3, -0.25) is 0 Å². The number of hydrogen-bond donors (Lipinski definition) is 1. The third-order valence-corrected chi connectivity index (χ3v) is 2.65. The fourth-order valence-corrected chi connectivity index (χ4v) is 1.70. The first-order valence-corrected chi connectivity index (χ1v) is 6.49. The first kappa shape index (κ1) is 14.7. The van der Waals surface area contributed by atoms with Crippen molar-refractivity contribution in [1.29, 1.82) is 0 Å². The van der Waals surface area contributed by atoms with Crippen LogP contribution in [0.25, 0.3) is 6.08 Å². The number of rotatable bonds is 5. The second-order valence-corrected chi connectivity index (χ2v) is 4.70. The standard InChI is InChI=1S/C12H10O6S/c13-11(14)6-7-12(15)18-19(16,17)9-8-10-4-2-1-3-5-10/h1-9H,(H,13,14). The minimum absolute atomic E-state index is 0.485. The molecule has 7 heteroatoms. The van der Waals surface area contributed by atoms with E-state index >= 15 is 0 Å². The molecule has 19 heavy (non-hydrogen) atoms.